The van der Waals surface area contributed by atoms with E-state index in [9.17, 15) is 14.9 Å². The fourth-order valence-electron chi connectivity index (χ4n) is 0.946. The number of nitro benzene ring substituents is 1. The summed E-state index contributed by atoms with van der Waals surface area (Å²) in [6, 6.07) is 2.51. The Kier molecular flexibility index (Phi) is 3.23. The number of nitrogens with zero attached hydrogens (tertiary/aromatic N) is 1. The molecule has 6 heteroatoms. The Balaban J connectivity index is 3.38. The number of carbonyl (C=O) groups excluding carboxylic acids is 1. The maximum absolute atomic E-state index is 11.0. The van der Waals surface area contributed by atoms with Crippen LogP contribution in [-0.2, 0) is 0 Å². The van der Waals surface area contributed by atoms with Gasteiger partial charge in [-0.3, -0.25) is 14.9 Å². The van der Waals surface area contributed by atoms with E-state index in [4.69, 9.17) is 11.6 Å². The van der Waals surface area contributed by atoms with E-state index in [1.54, 1.807) is 0 Å². The molecule has 0 saturated heterocycles. The minimum atomic E-state index is -0.570. The first-order valence-corrected chi connectivity index (χ1v) is 4.75. The van der Waals surface area contributed by atoms with Crippen LogP contribution in [0.4, 0.5) is 5.69 Å². The average molecular weight is 278 g/mol. The van der Waals surface area contributed by atoms with Gasteiger partial charge in [0, 0.05) is 11.6 Å². The van der Waals surface area contributed by atoms with Crippen LogP contribution in [0.3, 0.4) is 0 Å². The zero-order chi connectivity index (χ0) is 10.9. The van der Waals surface area contributed by atoms with Crippen molar-refractivity contribution in [3.05, 3.63) is 37.3 Å². The van der Waals surface area contributed by atoms with Crippen molar-refractivity contribution < 1.29 is 9.72 Å². The summed E-state index contributed by atoms with van der Waals surface area (Å²) >= 11 is 8.69. The highest BCUT2D eigenvalue weighted by Crippen LogP contribution is 2.31. The van der Waals surface area contributed by atoms with Gasteiger partial charge < -0.3 is 0 Å². The predicted octanol–water partition coefficient (Wildman–Crippen LogP) is 3.21. The van der Waals surface area contributed by atoms with E-state index in [1.165, 1.54) is 13.0 Å². The summed E-state index contributed by atoms with van der Waals surface area (Å²) in [6.45, 7) is 1.35. The van der Waals surface area contributed by atoms with Crippen LogP contribution in [0.15, 0.2) is 16.6 Å². The Morgan fingerprint density at radius 2 is 2.14 bits per heavy atom. The standard InChI is InChI=1S/C8H5BrClNO3/c1-4(12)5-2-6(9)8(11(13)14)3-7(5)10/h2-3H,1H3. The van der Waals surface area contributed by atoms with E-state index >= 15 is 0 Å². The van der Waals surface area contributed by atoms with Gasteiger partial charge in [0.05, 0.1) is 14.4 Å². The molecule has 0 heterocycles. The highest BCUT2D eigenvalue weighted by molar-refractivity contribution is 9.10. The predicted molar refractivity (Wildman–Crippen MR) is 55.8 cm³/mol. The number of rotatable bonds is 2. The van der Waals surface area contributed by atoms with Gasteiger partial charge in [0.2, 0.25) is 0 Å². The lowest BCUT2D eigenvalue weighted by Gasteiger charge is -2.01. The fraction of sp³-hybridized carbons (Fsp3) is 0.125. The van der Waals surface area contributed by atoms with Crippen molar-refractivity contribution in [1.82, 2.24) is 0 Å². The molecule has 4 nitrogen and oxygen atoms in total. The van der Waals surface area contributed by atoms with Gasteiger partial charge in [0.25, 0.3) is 5.69 Å². The molecule has 0 spiro atoms. The van der Waals surface area contributed by atoms with Crippen LogP contribution in [0.1, 0.15) is 17.3 Å². The summed E-state index contributed by atoms with van der Waals surface area (Å²) in [7, 11) is 0. The molecule has 0 fully saturated rings. The second-order valence-electron chi connectivity index (χ2n) is 2.60. The Bertz CT molecular complexity index is 380. The minimum Gasteiger partial charge on any atom is -0.294 e. The van der Waals surface area contributed by atoms with Gasteiger partial charge in [-0.2, -0.15) is 0 Å². The molecule has 0 saturated carbocycles. The first kappa shape index (κ1) is 11.1. The van der Waals surface area contributed by atoms with E-state index in [2.05, 4.69) is 15.9 Å². The molecule has 74 valence electrons. The van der Waals surface area contributed by atoms with E-state index in [0.717, 1.165) is 6.07 Å². The zero-order valence-electron chi connectivity index (χ0n) is 7.08. The number of carbonyl (C=O) groups is 1. The molecule has 0 amide bonds. The number of nitro groups is 1. The normalized spacial score (nSPS) is 9.93. The summed E-state index contributed by atoms with van der Waals surface area (Å²) < 4.78 is 0.247. The molecule has 1 rings (SSSR count). The third-order valence-corrected chi connectivity index (χ3v) is 2.56. The lowest BCUT2D eigenvalue weighted by Crippen LogP contribution is -1.96. The van der Waals surface area contributed by atoms with Gasteiger partial charge in [-0.25, -0.2) is 0 Å². The number of Topliss-reactive ketones (excluding diaryl/α,β-unsaturated/α-hetero) is 1. The molecule has 1 aromatic carbocycles. The number of halogens is 2. The zero-order valence-corrected chi connectivity index (χ0v) is 9.42. The molecule has 0 N–H and O–H groups in total. The Morgan fingerprint density at radius 3 is 2.57 bits per heavy atom. The highest BCUT2D eigenvalue weighted by atomic mass is 79.9. The van der Waals surface area contributed by atoms with Crippen LogP contribution in [0.25, 0.3) is 0 Å². The lowest BCUT2D eigenvalue weighted by atomic mass is 10.1. The quantitative estimate of drug-likeness (QED) is 0.474. The van der Waals surface area contributed by atoms with E-state index in [1.807, 2.05) is 0 Å². The second kappa shape index (κ2) is 4.06. The first-order chi connectivity index (χ1) is 6.43. The maximum atomic E-state index is 11.0. The van der Waals surface area contributed by atoms with Crippen LogP contribution < -0.4 is 0 Å². The number of hydrogen-bond acceptors (Lipinski definition) is 3. The van der Waals surface area contributed by atoms with Crippen LogP contribution in [0, 0.1) is 10.1 Å². The van der Waals surface area contributed by atoms with Crippen LogP contribution >= 0.6 is 27.5 Å². The van der Waals surface area contributed by atoms with Crippen molar-refractivity contribution in [1.29, 1.82) is 0 Å². The summed E-state index contributed by atoms with van der Waals surface area (Å²) in [6.07, 6.45) is 0. The first-order valence-electron chi connectivity index (χ1n) is 3.58. The van der Waals surface area contributed by atoms with Crippen LogP contribution in [0.5, 0.6) is 0 Å². The molecule has 0 aliphatic heterocycles. The molecule has 0 aliphatic rings. The molecule has 0 aromatic heterocycles. The van der Waals surface area contributed by atoms with E-state index in [-0.39, 0.29) is 26.5 Å². The van der Waals surface area contributed by atoms with Crippen LogP contribution in [-0.4, -0.2) is 10.7 Å². The topological polar surface area (TPSA) is 60.2 Å². The third-order valence-electron chi connectivity index (χ3n) is 1.61. The summed E-state index contributed by atoms with van der Waals surface area (Å²) in [5.41, 5.74) is 0.115. The van der Waals surface area contributed by atoms with E-state index < -0.39 is 4.92 Å². The van der Waals surface area contributed by atoms with Gasteiger partial charge >= 0.3 is 0 Å². The molecule has 0 aliphatic carbocycles. The van der Waals surface area contributed by atoms with Gasteiger partial charge in [-0.1, -0.05) is 11.6 Å². The van der Waals surface area contributed by atoms with Gasteiger partial charge in [0.1, 0.15) is 0 Å². The SMILES string of the molecule is CC(=O)c1cc(Br)c([N+](=O)[O-])cc1Cl. The van der Waals surface area contributed by atoms with Gasteiger partial charge in [-0.15, -0.1) is 0 Å². The molecule has 0 atom stereocenters. The monoisotopic (exact) mass is 277 g/mol. The highest BCUT2D eigenvalue weighted by Gasteiger charge is 2.17. The molecule has 14 heavy (non-hydrogen) atoms. The van der Waals surface area contributed by atoms with E-state index in [0.29, 0.717) is 0 Å². The van der Waals surface area contributed by atoms with Crippen molar-refractivity contribution in [2.24, 2.45) is 0 Å². The van der Waals surface area contributed by atoms with Crippen molar-refractivity contribution in [3.8, 4) is 0 Å². The van der Waals surface area contributed by atoms with Crippen molar-refractivity contribution in [3.63, 3.8) is 0 Å². The summed E-state index contributed by atoms with van der Waals surface area (Å²) in [5.74, 6) is -0.231. The lowest BCUT2D eigenvalue weighted by molar-refractivity contribution is -0.385. The molecule has 0 unspecified atom stereocenters. The van der Waals surface area contributed by atoms with Crippen molar-refractivity contribution >= 4 is 39.0 Å². The number of benzene rings is 1. The average Bonchev–Trinajstić information content (AvgIpc) is 2.07. The Hall–Kier alpha value is -0.940. The molecule has 0 bridgehead atoms. The van der Waals surface area contributed by atoms with Crippen molar-refractivity contribution in [2.45, 2.75) is 6.92 Å². The Labute approximate surface area is 93.1 Å². The summed E-state index contributed by atoms with van der Waals surface area (Å²) in [5, 5.41) is 10.6. The minimum absolute atomic E-state index is 0.0902. The van der Waals surface area contributed by atoms with Crippen molar-refractivity contribution in [2.75, 3.05) is 0 Å². The molecule has 1 aromatic rings. The van der Waals surface area contributed by atoms with Gasteiger partial charge in [0.15, 0.2) is 5.78 Å². The molecular weight excluding hydrogens is 273 g/mol. The van der Waals surface area contributed by atoms with Gasteiger partial charge in [-0.05, 0) is 28.9 Å². The third kappa shape index (κ3) is 2.10. The smallest absolute Gasteiger partial charge is 0.285 e. The maximum Gasteiger partial charge on any atom is 0.285 e. The molecule has 0 radical (unpaired) electrons. The largest absolute Gasteiger partial charge is 0.294 e. The summed E-state index contributed by atoms with van der Waals surface area (Å²) in [4.78, 5) is 20.9. The Morgan fingerprint density at radius 1 is 1.57 bits per heavy atom. The van der Waals surface area contributed by atoms with Crippen LogP contribution in [0.2, 0.25) is 5.02 Å². The fourth-order valence-corrected chi connectivity index (χ4v) is 1.73. The second-order valence-corrected chi connectivity index (χ2v) is 3.86. The number of hydrogen-bond donors (Lipinski definition) is 0. The molecular formula is C8H5BrClNO3. The number of ketones is 1.